The predicted molar refractivity (Wildman–Crippen MR) is 74.8 cm³/mol. The van der Waals surface area contributed by atoms with Crippen molar-refractivity contribution >= 4 is 11.6 Å². The molecule has 0 aliphatic carbocycles. The van der Waals surface area contributed by atoms with Gasteiger partial charge in [0, 0.05) is 11.7 Å². The number of hydrogen-bond donors (Lipinski definition) is 2. The molecule has 1 aliphatic heterocycles. The normalized spacial score (nSPS) is 19.6. The fourth-order valence-corrected chi connectivity index (χ4v) is 2.75. The van der Waals surface area contributed by atoms with Crippen LogP contribution in [0.4, 0.5) is 5.69 Å². The van der Waals surface area contributed by atoms with Crippen molar-refractivity contribution in [1.29, 1.82) is 0 Å². The maximum absolute atomic E-state index is 11.9. The van der Waals surface area contributed by atoms with Gasteiger partial charge in [-0.2, -0.15) is 0 Å². The van der Waals surface area contributed by atoms with Gasteiger partial charge in [0.25, 0.3) is 0 Å². The van der Waals surface area contributed by atoms with Gasteiger partial charge in [0.15, 0.2) is 0 Å². The maximum atomic E-state index is 11.9. The van der Waals surface area contributed by atoms with Crippen LogP contribution in [0, 0.1) is 0 Å². The van der Waals surface area contributed by atoms with E-state index >= 15 is 0 Å². The Balaban J connectivity index is 2.46. The highest BCUT2D eigenvalue weighted by molar-refractivity contribution is 6.03. The van der Waals surface area contributed by atoms with Crippen LogP contribution in [0.1, 0.15) is 49.8 Å². The number of hydrogen-bond acceptors (Lipinski definition) is 2. The summed E-state index contributed by atoms with van der Waals surface area (Å²) in [5.41, 5.74) is 10.6. The lowest BCUT2D eigenvalue weighted by Crippen LogP contribution is -2.18. The molecule has 1 aromatic carbocycles. The lowest BCUT2D eigenvalue weighted by molar-refractivity contribution is -0.117. The molecule has 1 aliphatic rings. The second kappa shape index (κ2) is 5.11. The largest absolute Gasteiger partial charge is 0.328 e. The van der Waals surface area contributed by atoms with E-state index in [1.165, 1.54) is 11.1 Å². The molecule has 0 saturated heterocycles. The number of aryl methyl sites for hydroxylation is 1. The minimum atomic E-state index is 0.0123. The summed E-state index contributed by atoms with van der Waals surface area (Å²) >= 11 is 0. The molecular formula is C15H22N2O. The molecule has 0 radical (unpaired) electrons. The van der Waals surface area contributed by atoms with Gasteiger partial charge in [-0.1, -0.05) is 26.0 Å². The SMILES string of the molecule is CCc1cc(CC(C)N)cc2c1NC(=O)C2CC. The van der Waals surface area contributed by atoms with Crippen molar-refractivity contribution < 1.29 is 4.79 Å². The first-order chi connectivity index (χ1) is 8.56. The van der Waals surface area contributed by atoms with Crippen LogP contribution < -0.4 is 11.1 Å². The molecule has 0 saturated carbocycles. The average Bonchev–Trinajstić information content (AvgIpc) is 2.62. The van der Waals surface area contributed by atoms with Crippen LogP contribution in [-0.2, 0) is 17.6 Å². The van der Waals surface area contributed by atoms with Crippen molar-refractivity contribution in [1.82, 2.24) is 0 Å². The molecule has 98 valence electrons. The second-order valence-electron chi connectivity index (χ2n) is 5.20. The summed E-state index contributed by atoms with van der Waals surface area (Å²) in [4.78, 5) is 11.9. The molecule has 1 heterocycles. The van der Waals surface area contributed by atoms with E-state index in [4.69, 9.17) is 5.73 Å². The number of rotatable bonds is 4. The van der Waals surface area contributed by atoms with Gasteiger partial charge >= 0.3 is 0 Å². The zero-order valence-corrected chi connectivity index (χ0v) is 11.4. The quantitative estimate of drug-likeness (QED) is 0.858. The topological polar surface area (TPSA) is 55.1 Å². The summed E-state index contributed by atoms with van der Waals surface area (Å²) in [5.74, 6) is 0.151. The number of fused-ring (bicyclic) bond motifs is 1. The van der Waals surface area contributed by atoms with E-state index in [2.05, 4.69) is 31.3 Å². The molecule has 2 atom stereocenters. The van der Waals surface area contributed by atoms with Crippen molar-refractivity contribution in [3.8, 4) is 0 Å². The molecule has 3 heteroatoms. The highest BCUT2D eigenvalue weighted by Gasteiger charge is 2.30. The van der Waals surface area contributed by atoms with E-state index < -0.39 is 0 Å². The van der Waals surface area contributed by atoms with Crippen LogP contribution in [0.3, 0.4) is 0 Å². The predicted octanol–water partition coefficient (Wildman–Crippen LogP) is 2.58. The molecular weight excluding hydrogens is 224 g/mol. The van der Waals surface area contributed by atoms with Gasteiger partial charge in [-0.05, 0) is 42.9 Å². The minimum absolute atomic E-state index is 0.0123. The fourth-order valence-electron chi connectivity index (χ4n) is 2.75. The van der Waals surface area contributed by atoms with Crippen LogP contribution in [0.15, 0.2) is 12.1 Å². The van der Waals surface area contributed by atoms with Crippen LogP contribution in [0.25, 0.3) is 0 Å². The van der Waals surface area contributed by atoms with Crippen molar-refractivity contribution in [2.45, 2.75) is 52.0 Å². The lowest BCUT2D eigenvalue weighted by Gasteiger charge is -2.13. The van der Waals surface area contributed by atoms with Crippen molar-refractivity contribution in [2.75, 3.05) is 5.32 Å². The van der Waals surface area contributed by atoms with E-state index in [0.29, 0.717) is 0 Å². The van der Waals surface area contributed by atoms with Crippen molar-refractivity contribution in [3.05, 3.63) is 28.8 Å². The van der Waals surface area contributed by atoms with E-state index in [1.54, 1.807) is 0 Å². The van der Waals surface area contributed by atoms with Crippen LogP contribution >= 0.6 is 0 Å². The molecule has 0 bridgehead atoms. The first-order valence-corrected chi connectivity index (χ1v) is 6.78. The highest BCUT2D eigenvalue weighted by atomic mass is 16.2. The summed E-state index contributed by atoms with van der Waals surface area (Å²) in [6.45, 7) is 6.19. The minimum Gasteiger partial charge on any atom is -0.328 e. The molecule has 3 nitrogen and oxygen atoms in total. The molecule has 1 aromatic rings. The number of anilines is 1. The van der Waals surface area contributed by atoms with Gasteiger partial charge in [-0.25, -0.2) is 0 Å². The third-order valence-corrected chi connectivity index (χ3v) is 3.60. The molecule has 0 fully saturated rings. The number of nitrogens with two attached hydrogens (primary N) is 1. The number of nitrogens with one attached hydrogen (secondary N) is 1. The first-order valence-electron chi connectivity index (χ1n) is 6.78. The summed E-state index contributed by atoms with van der Waals surface area (Å²) in [7, 11) is 0. The van der Waals surface area contributed by atoms with Crippen LogP contribution in [0.2, 0.25) is 0 Å². The summed E-state index contributed by atoms with van der Waals surface area (Å²) in [6, 6.07) is 4.49. The smallest absolute Gasteiger partial charge is 0.232 e. The number of benzene rings is 1. The van der Waals surface area contributed by atoms with E-state index in [-0.39, 0.29) is 17.9 Å². The maximum Gasteiger partial charge on any atom is 0.232 e. The fraction of sp³-hybridized carbons (Fsp3) is 0.533. The summed E-state index contributed by atoms with van der Waals surface area (Å²) in [5, 5.41) is 3.03. The van der Waals surface area contributed by atoms with Gasteiger partial charge in [-0.3, -0.25) is 4.79 Å². The number of carbonyl (C=O) groups excluding carboxylic acids is 1. The first kappa shape index (κ1) is 13.1. The van der Waals surface area contributed by atoms with Gasteiger partial charge in [-0.15, -0.1) is 0 Å². The highest BCUT2D eigenvalue weighted by Crippen LogP contribution is 2.38. The van der Waals surface area contributed by atoms with Crippen LogP contribution in [0.5, 0.6) is 0 Å². The van der Waals surface area contributed by atoms with E-state index in [1.807, 2.05) is 6.92 Å². The zero-order valence-electron chi connectivity index (χ0n) is 11.4. The van der Waals surface area contributed by atoms with Gasteiger partial charge in [0.05, 0.1) is 5.92 Å². The Bertz CT molecular complexity index is 466. The molecule has 18 heavy (non-hydrogen) atoms. The van der Waals surface area contributed by atoms with Gasteiger partial charge in [0.2, 0.25) is 5.91 Å². The van der Waals surface area contributed by atoms with Crippen LogP contribution in [-0.4, -0.2) is 11.9 Å². The summed E-state index contributed by atoms with van der Waals surface area (Å²) < 4.78 is 0. The molecule has 2 rings (SSSR count). The van der Waals surface area contributed by atoms with Crippen molar-refractivity contribution in [2.24, 2.45) is 5.73 Å². The monoisotopic (exact) mass is 246 g/mol. The number of amides is 1. The van der Waals surface area contributed by atoms with E-state index in [0.717, 1.165) is 30.5 Å². The molecule has 0 spiro atoms. The Labute approximate surface area is 109 Å². The molecule has 0 aromatic heterocycles. The Hall–Kier alpha value is -1.35. The number of carbonyl (C=O) groups is 1. The molecule has 1 amide bonds. The summed E-state index contributed by atoms with van der Waals surface area (Å²) in [6.07, 6.45) is 2.65. The lowest BCUT2D eigenvalue weighted by atomic mass is 9.92. The second-order valence-corrected chi connectivity index (χ2v) is 5.20. The van der Waals surface area contributed by atoms with Gasteiger partial charge < -0.3 is 11.1 Å². The Morgan fingerprint density at radius 2 is 2.11 bits per heavy atom. The van der Waals surface area contributed by atoms with Crippen molar-refractivity contribution in [3.63, 3.8) is 0 Å². The molecule has 3 N–H and O–H groups in total. The third kappa shape index (κ3) is 2.27. The Morgan fingerprint density at radius 1 is 1.39 bits per heavy atom. The van der Waals surface area contributed by atoms with E-state index in [9.17, 15) is 4.79 Å². The Morgan fingerprint density at radius 3 is 2.67 bits per heavy atom. The standard InChI is InChI=1S/C15H22N2O/c1-4-11-7-10(6-9(3)16)8-13-12(5-2)15(18)17-14(11)13/h7-9,12H,4-6,16H2,1-3H3,(H,17,18). The van der Waals surface area contributed by atoms with Gasteiger partial charge in [0.1, 0.15) is 0 Å². The third-order valence-electron chi connectivity index (χ3n) is 3.60. The molecule has 2 unspecified atom stereocenters. The Kier molecular flexibility index (Phi) is 3.71. The zero-order chi connectivity index (χ0) is 13.3. The average molecular weight is 246 g/mol.